The van der Waals surface area contributed by atoms with Crippen molar-refractivity contribution in [3.05, 3.63) is 36.4 Å². The molecule has 20 heavy (non-hydrogen) atoms. The molecule has 1 aromatic carbocycles. The Kier molecular flexibility index (Phi) is 4.68. The summed E-state index contributed by atoms with van der Waals surface area (Å²) in [6.45, 7) is 2.50. The zero-order valence-electron chi connectivity index (χ0n) is 11.5. The minimum atomic E-state index is -0.868. The Hall–Kier alpha value is -1.95. The fourth-order valence-corrected chi connectivity index (χ4v) is 1.96. The van der Waals surface area contributed by atoms with E-state index in [-0.39, 0.29) is 5.25 Å². The van der Waals surface area contributed by atoms with Gasteiger partial charge in [-0.05, 0) is 6.92 Å². The van der Waals surface area contributed by atoms with E-state index in [1.165, 1.54) is 0 Å². The molecule has 2 rings (SSSR count). The lowest BCUT2D eigenvalue weighted by Gasteiger charge is -2.11. The van der Waals surface area contributed by atoms with Crippen molar-refractivity contribution < 1.29 is 4.21 Å². The van der Waals surface area contributed by atoms with Gasteiger partial charge in [0.05, 0.1) is 0 Å². The second-order valence-electron chi connectivity index (χ2n) is 4.56. The highest BCUT2D eigenvalue weighted by Gasteiger charge is 2.08. The van der Waals surface area contributed by atoms with Crippen LogP contribution in [-0.2, 0) is 10.8 Å². The van der Waals surface area contributed by atoms with Gasteiger partial charge in [-0.3, -0.25) is 4.21 Å². The van der Waals surface area contributed by atoms with Crippen molar-refractivity contribution in [3.8, 4) is 11.4 Å². The van der Waals surface area contributed by atoms with Crippen LogP contribution in [0.3, 0.4) is 0 Å². The van der Waals surface area contributed by atoms with Gasteiger partial charge in [0, 0.05) is 40.5 Å². The molecule has 3 N–H and O–H groups in total. The molecule has 0 radical (unpaired) electrons. The number of anilines is 2. The molecule has 0 aliphatic heterocycles. The lowest BCUT2D eigenvalue weighted by Crippen LogP contribution is -2.21. The molecule has 2 aromatic rings. The van der Waals surface area contributed by atoms with E-state index >= 15 is 0 Å². The number of nitrogens with one attached hydrogen (secondary N) is 1. The SMILES string of the molecule is CC(CNc1cc(N)nc(-c2ccccc2)n1)S(C)=O. The summed E-state index contributed by atoms with van der Waals surface area (Å²) < 4.78 is 11.3. The monoisotopic (exact) mass is 290 g/mol. The number of hydrogen-bond acceptors (Lipinski definition) is 5. The molecule has 0 bridgehead atoms. The molecule has 0 saturated heterocycles. The first-order valence-corrected chi connectivity index (χ1v) is 7.94. The van der Waals surface area contributed by atoms with Gasteiger partial charge in [-0.25, -0.2) is 9.97 Å². The van der Waals surface area contributed by atoms with Gasteiger partial charge in [0.15, 0.2) is 5.82 Å². The van der Waals surface area contributed by atoms with Crippen LogP contribution in [0, 0.1) is 0 Å². The van der Waals surface area contributed by atoms with E-state index in [0.29, 0.717) is 24.0 Å². The third kappa shape index (κ3) is 3.77. The Balaban J connectivity index is 2.19. The fourth-order valence-electron chi connectivity index (χ4n) is 1.64. The molecular formula is C14H18N4OS. The van der Waals surface area contributed by atoms with Crippen molar-refractivity contribution in [1.82, 2.24) is 9.97 Å². The summed E-state index contributed by atoms with van der Waals surface area (Å²) in [5.74, 6) is 1.64. The lowest BCUT2D eigenvalue weighted by atomic mass is 10.2. The summed E-state index contributed by atoms with van der Waals surface area (Å²) in [5.41, 5.74) is 6.72. The van der Waals surface area contributed by atoms with E-state index in [1.807, 2.05) is 37.3 Å². The molecule has 0 saturated carbocycles. The standard InChI is InChI=1S/C14H18N4OS/c1-10(20(2)19)9-16-13-8-12(15)17-14(18-13)11-6-4-3-5-7-11/h3-8,10H,9H2,1-2H3,(H3,15,16,17,18). The van der Waals surface area contributed by atoms with E-state index in [2.05, 4.69) is 15.3 Å². The van der Waals surface area contributed by atoms with Crippen molar-refractivity contribution in [2.24, 2.45) is 0 Å². The summed E-state index contributed by atoms with van der Waals surface area (Å²) in [7, 11) is -0.868. The van der Waals surface area contributed by atoms with E-state index in [0.717, 1.165) is 5.56 Å². The van der Waals surface area contributed by atoms with Crippen LogP contribution in [0.4, 0.5) is 11.6 Å². The molecule has 106 valence electrons. The van der Waals surface area contributed by atoms with Gasteiger partial charge in [0.2, 0.25) is 0 Å². The van der Waals surface area contributed by atoms with Crippen molar-refractivity contribution in [2.45, 2.75) is 12.2 Å². The molecule has 0 aliphatic carbocycles. The first kappa shape index (κ1) is 14.5. The van der Waals surface area contributed by atoms with E-state index in [1.54, 1.807) is 12.3 Å². The number of aromatic nitrogens is 2. The number of nitrogens with two attached hydrogens (primary N) is 1. The third-order valence-electron chi connectivity index (χ3n) is 2.92. The Labute approximate surface area is 121 Å². The number of nitrogens with zero attached hydrogens (tertiary/aromatic N) is 2. The largest absolute Gasteiger partial charge is 0.384 e. The van der Waals surface area contributed by atoms with Crippen LogP contribution in [0.1, 0.15) is 6.92 Å². The highest BCUT2D eigenvalue weighted by molar-refractivity contribution is 7.84. The van der Waals surface area contributed by atoms with E-state index in [4.69, 9.17) is 5.73 Å². The van der Waals surface area contributed by atoms with Crippen molar-refractivity contribution in [3.63, 3.8) is 0 Å². The molecule has 0 amide bonds. The van der Waals surface area contributed by atoms with Gasteiger partial charge < -0.3 is 11.1 Å². The maximum atomic E-state index is 11.3. The maximum absolute atomic E-state index is 11.3. The van der Waals surface area contributed by atoms with E-state index in [9.17, 15) is 4.21 Å². The molecular weight excluding hydrogens is 272 g/mol. The first-order chi connectivity index (χ1) is 9.56. The van der Waals surface area contributed by atoms with Crippen LogP contribution in [0.5, 0.6) is 0 Å². The summed E-state index contributed by atoms with van der Waals surface area (Å²) in [6, 6.07) is 11.3. The summed E-state index contributed by atoms with van der Waals surface area (Å²) >= 11 is 0. The Bertz CT molecular complexity index is 603. The highest BCUT2D eigenvalue weighted by atomic mass is 32.2. The van der Waals surface area contributed by atoms with Crippen molar-refractivity contribution in [2.75, 3.05) is 23.9 Å². The maximum Gasteiger partial charge on any atom is 0.163 e. The molecule has 0 aliphatic rings. The molecule has 1 aromatic heterocycles. The van der Waals surface area contributed by atoms with Gasteiger partial charge in [-0.2, -0.15) is 0 Å². The molecule has 0 spiro atoms. The summed E-state index contributed by atoms with van der Waals surface area (Å²) in [5, 5.41) is 3.20. The summed E-state index contributed by atoms with van der Waals surface area (Å²) in [4.78, 5) is 8.67. The Morgan fingerprint density at radius 1 is 1.30 bits per heavy atom. The average Bonchev–Trinajstić information content (AvgIpc) is 2.45. The molecule has 2 unspecified atom stereocenters. The van der Waals surface area contributed by atoms with Crippen LogP contribution in [-0.4, -0.2) is 32.2 Å². The quantitative estimate of drug-likeness (QED) is 0.879. The topological polar surface area (TPSA) is 80.9 Å². The number of hydrogen-bond donors (Lipinski definition) is 2. The van der Waals surface area contributed by atoms with Crippen LogP contribution in [0.2, 0.25) is 0 Å². The van der Waals surface area contributed by atoms with Gasteiger partial charge in [0.1, 0.15) is 11.6 Å². The lowest BCUT2D eigenvalue weighted by molar-refractivity contribution is 0.679. The number of rotatable bonds is 5. The zero-order chi connectivity index (χ0) is 14.5. The van der Waals surface area contributed by atoms with Gasteiger partial charge >= 0.3 is 0 Å². The molecule has 6 heteroatoms. The predicted molar refractivity (Wildman–Crippen MR) is 83.9 cm³/mol. The van der Waals surface area contributed by atoms with Crippen molar-refractivity contribution >= 4 is 22.4 Å². The zero-order valence-corrected chi connectivity index (χ0v) is 12.4. The summed E-state index contributed by atoms with van der Waals surface area (Å²) in [6.07, 6.45) is 1.69. The smallest absolute Gasteiger partial charge is 0.163 e. The van der Waals surface area contributed by atoms with Crippen molar-refractivity contribution in [1.29, 1.82) is 0 Å². The molecule has 5 nitrogen and oxygen atoms in total. The number of benzene rings is 1. The highest BCUT2D eigenvalue weighted by Crippen LogP contribution is 2.18. The Morgan fingerprint density at radius 2 is 2.00 bits per heavy atom. The minimum Gasteiger partial charge on any atom is -0.384 e. The minimum absolute atomic E-state index is 0.0476. The first-order valence-electron chi connectivity index (χ1n) is 6.32. The Morgan fingerprint density at radius 3 is 2.65 bits per heavy atom. The fraction of sp³-hybridized carbons (Fsp3) is 0.286. The van der Waals surface area contributed by atoms with Gasteiger partial charge in [-0.1, -0.05) is 30.3 Å². The predicted octanol–water partition coefficient (Wildman–Crippen LogP) is 1.90. The third-order valence-corrected chi connectivity index (χ3v) is 4.22. The van der Waals surface area contributed by atoms with Gasteiger partial charge in [-0.15, -0.1) is 0 Å². The second kappa shape index (κ2) is 6.47. The van der Waals surface area contributed by atoms with E-state index < -0.39 is 10.8 Å². The van der Waals surface area contributed by atoms with Crippen LogP contribution >= 0.6 is 0 Å². The second-order valence-corrected chi connectivity index (χ2v) is 6.36. The number of nitrogen functional groups attached to an aromatic ring is 1. The van der Waals surface area contributed by atoms with Gasteiger partial charge in [0.25, 0.3) is 0 Å². The normalized spacial score (nSPS) is 13.7. The average molecular weight is 290 g/mol. The molecule has 1 heterocycles. The molecule has 2 atom stereocenters. The van der Waals surface area contributed by atoms with Crippen LogP contribution in [0.25, 0.3) is 11.4 Å². The molecule has 0 fully saturated rings. The van der Waals surface area contributed by atoms with Crippen LogP contribution < -0.4 is 11.1 Å². The van der Waals surface area contributed by atoms with Crippen LogP contribution in [0.15, 0.2) is 36.4 Å².